The molecule has 0 fully saturated rings. The number of benzene rings is 1. The van der Waals surface area contributed by atoms with E-state index in [4.69, 9.17) is 9.47 Å². The van der Waals surface area contributed by atoms with E-state index >= 15 is 0 Å². The highest BCUT2D eigenvalue weighted by atomic mass is 16.5. The molecule has 0 spiro atoms. The van der Waals surface area contributed by atoms with Gasteiger partial charge in [-0.15, -0.1) is 0 Å². The van der Waals surface area contributed by atoms with Crippen molar-refractivity contribution in [3.05, 3.63) is 47.7 Å². The monoisotopic (exact) mass is 273 g/mol. The fourth-order valence-electron chi connectivity index (χ4n) is 1.93. The standard InChI is InChI=1S/C16H19NO3/c1-4-12-7-8-14(15(10-12)19-3)20-16-13(11(2)18)6-5-9-17-16/h5-11,18H,4H2,1-3H3/t11-/m1/s1. The maximum Gasteiger partial charge on any atom is 0.225 e. The number of ether oxygens (including phenoxy) is 2. The van der Waals surface area contributed by atoms with Gasteiger partial charge in [-0.05, 0) is 43.2 Å². The minimum Gasteiger partial charge on any atom is -0.493 e. The van der Waals surface area contributed by atoms with Gasteiger partial charge in [0.15, 0.2) is 11.5 Å². The van der Waals surface area contributed by atoms with Crippen LogP contribution >= 0.6 is 0 Å². The molecule has 0 bridgehead atoms. The maximum absolute atomic E-state index is 9.74. The van der Waals surface area contributed by atoms with Gasteiger partial charge in [-0.3, -0.25) is 0 Å². The summed E-state index contributed by atoms with van der Waals surface area (Å²) in [7, 11) is 1.61. The highest BCUT2D eigenvalue weighted by Gasteiger charge is 2.13. The first kappa shape index (κ1) is 14.3. The van der Waals surface area contributed by atoms with Crippen LogP contribution < -0.4 is 9.47 Å². The number of pyridine rings is 1. The van der Waals surface area contributed by atoms with Crippen molar-refractivity contribution in [3.63, 3.8) is 0 Å². The molecule has 1 aromatic carbocycles. The van der Waals surface area contributed by atoms with Crippen LogP contribution in [-0.2, 0) is 6.42 Å². The summed E-state index contributed by atoms with van der Waals surface area (Å²) in [4.78, 5) is 4.18. The molecule has 1 atom stereocenters. The number of aliphatic hydroxyl groups is 1. The third-order valence-corrected chi connectivity index (χ3v) is 3.09. The molecule has 1 heterocycles. The van der Waals surface area contributed by atoms with Crippen molar-refractivity contribution in [3.8, 4) is 17.4 Å². The summed E-state index contributed by atoms with van der Waals surface area (Å²) < 4.78 is 11.1. The van der Waals surface area contributed by atoms with Crippen LogP contribution in [0.15, 0.2) is 36.5 Å². The molecule has 0 aliphatic heterocycles. The van der Waals surface area contributed by atoms with Gasteiger partial charge in [0.2, 0.25) is 5.88 Å². The first-order valence-electron chi connectivity index (χ1n) is 6.63. The number of hydrogen-bond acceptors (Lipinski definition) is 4. The minimum atomic E-state index is -0.639. The van der Waals surface area contributed by atoms with Crippen molar-refractivity contribution in [2.24, 2.45) is 0 Å². The summed E-state index contributed by atoms with van der Waals surface area (Å²) >= 11 is 0. The Labute approximate surface area is 119 Å². The van der Waals surface area contributed by atoms with Crippen molar-refractivity contribution in [2.75, 3.05) is 7.11 Å². The van der Waals surface area contributed by atoms with E-state index in [2.05, 4.69) is 11.9 Å². The summed E-state index contributed by atoms with van der Waals surface area (Å²) in [6.07, 6.45) is 1.92. The van der Waals surface area contributed by atoms with Crippen LogP contribution in [0, 0.1) is 0 Å². The molecule has 0 unspecified atom stereocenters. The molecule has 0 amide bonds. The molecule has 1 N–H and O–H groups in total. The Bertz CT molecular complexity index is 582. The zero-order valence-corrected chi connectivity index (χ0v) is 12.0. The number of aryl methyl sites for hydroxylation is 1. The molecule has 2 rings (SSSR count). The third kappa shape index (κ3) is 3.08. The van der Waals surface area contributed by atoms with Crippen LogP contribution in [0.25, 0.3) is 0 Å². The van der Waals surface area contributed by atoms with E-state index in [1.165, 1.54) is 5.56 Å². The lowest BCUT2D eigenvalue weighted by molar-refractivity contribution is 0.194. The second kappa shape index (κ2) is 6.39. The maximum atomic E-state index is 9.74. The fraction of sp³-hybridized carbons (Fsp3) is 0.312. The van der Waals surface area contributed by atoms with Crippen LogP contribution in [0.2, 0.25) is 0 Å². The number of nitrogens with zero attached hydrogens (tertiary/aromatic N) is 1. The molecule has 2 aromatic rings. The first-order chi connectivity index (χ1) is 9.65. The van der Waals surface area contributed by atoms with Gasteiger partial charge in [0, 0.05) is 11.8 Å². The van der Waals surface area contributed by atoms with E-state index < -0.39 is 6.10 Å². The van der Waals surface area contributed by atoms with E-state index in [1.54, 1.807) is 32.4 Å². The molecule has 0 saturated carbocycles. The molecular formula is C16H19NO3. The normalized spacial score (nSPS) is 12.0. The Morgan fingerprint density at radius 2 is 2.05 bits per heavy atom. The van der Waals surface area contributed by atoms with Crippen molar-refractivity contribution in [1.29, 1.82) is 0 Å². The minimum absolute atomic E-state index is 0.394. The Kier molecular flexibility index (Phi) is 4.58. The molecule has 0 aliphatic carbocycles. The van der Waals surface area contributed by atoms with Crippen molar-refractivity contribution < 1.29 is 14.6 Å². The Hall–Kier alpha value is -2.07. The van der Waals surface area contributed by atoms with Gasteiger partial charge in [0.05, 0.1) is 13.2 Å². The smallest absolute Gasteiger partial charge is 0.225 e. The largest absolute Gasteiger partial charge is 0.493 e. The highest BCUT2D eigenvalue weighted by Crippen LogP contribution is 2.34. The van der Waals surface area contributed by atoms with Gasteiger partial charge in [-0.25, -0.2) is 4.98 Å². The zero-order valence-electron chi connectivity index (χ0n) is 12.0. The van der Waals surface area contributed by atoms with E-state index in [1.807, 2.05) is 18.2 Å². The van der Waals surface area contributed by atoms with Gasteiger partial charge in [-0.2, -0.15) is 0 Å². The lowest BCUT2D eigenvalue weighted by Crippen LogP contribution is -1.99. The summed E-state index contributed by atoms with van der Waals surface area (Å²) in [5, 5.41) is 9.74. The predicted molar refractivity (Wildman–Crippen MR) is 77.3 cm³/mol. The topological polar surface area (TPSA) is 51.6 Å². The second-order valence-electron chi connectivity index (χ2n) is 4.51. The highest BCUT2D eigenvalue weighted by molar-refractivity contribution is 5.45. The summed E-state index contributed by atoms with van der Waals surface area (Å²) in [5.41, 5.74) is 1.82. The lowest BCUT2D eigenvalue weighted by Gasteiger charge is -2.14. The van der Waals surface area contributed by atoms with Gasteiger partial charge in [-0.1, -0.05) is 13.0 Å². The van der Waals surface area contributed by atoms with Crippen LogP contribution in [0.1, 0.15) is 31.1 Å². The summed E-state index contributed by atoms with van der Waals surface area (Å²) in [5.74, 6) is 1.64. The van der Waals surface area contributed by atoms with Gasteiger partial charge >= 0.3 is 0 Å². The molecule has 0 radical (unpaired) electrons. The van der Waals surface area contributed by atoms with E-state index in [9.17, 15) is 5.11 Å². The Morgan fingerprint density at radius 1 is 1.25 bits per heavy atom. The molecule has 0 saturated heterocycles. The number of rotatable bonds is 5. The van der Waals surface area contributed by atoms with Gasteiger partial charge < -0.3 is 14.6 Å². The number of hydrogen-bond donors (Lipinski definition) is 1. The number of aromatic nitrogens is 1. The average Bonchev–Trinajstić information content (AvgIpc) is 2.48. The fourth-order valence-corrected chi connectivity index (χ4v) is 1.93. The third-order valence-electron chi connectivity index (χ3n) is 3.09. The molecule has 20 heavy (non-hydrogen) atoms. The quantitative estimate of drug-likeness (QED) is 0.906. The molecular weight excluding hydrogens is 254 g/mol. The van der Waals surface area contributed by atoms with Crippen LogP contribution in [0.3, 0.4) is 0 Å². The average molecular weight is 273 g/mol. The van der Waals surface area contributed by atoms with E-state index in [0.29, 0.717) is 22.9 Å². The summed E-state index contributed by atoms with van der Waals surface area (Å²) in [6, 6.07) is 9.35. The van der Waals surface area contributed by atoms with Crippen molar-refractivity contribution >= 4 is 0 Å². The molecule has 0 aliphatic rings. The zero-order chi connectivity index (χ0) is 14.5. The van der Waals surface area contributed by atoms with E-state index in [-0.39, 0.29) is 0 Å². The Morgan fingerprint density at radius 3 is 2.70 bits per heavy atom. The lowest BCUT2D eigenvalue weighted by atomic mass is 10.1. The first-order valence-corrected chi connectivity index (χ1v) is 6.63. The molecule has 4 heteroatoms. The van der Waals surface area contributed by atoms with Crippen molar-refractivity contribution in [2.45, 2.75) is 26.4 Å². The SMILES string of the molecule is CCc1ccc(Oc2ncccc2[C@@H](C)O)c(OC)c1. The van der Waals surface area contributed by atoms with Crippen molar-refractivity contribution in [1.82, 2.24) is 4.98 Å². The van der Waals surface area contributed by atoms with Gasteiger partial charge in [0.1, 0.15) is 0 Å². The van der Waals surface area contributed by atoms with Gasteiger partial charge in [0.25, 0.3) is 0 Å². The number of aliphatic hydroxyl groups excluding tert-OH is 1. The Balaban J connectivity index is 2.35. The predicted octanol–water partition coefficient (Wildman–Crippen LogP) is 3.50. The molecule has 106 valence electrons. The number of methoxy groups -OCH3 is 1. The van der Waals surface area contributed by atoms with Crippen LogP contribution in [-0.4, -0.2) is 17.2 Å². The second-order valence-corrected chi connectivity index (χ2v) is 4.51. The molecule has 4 nitrogen and oxygen atoms in total. The van der Waals surface area contributed by atoms with Crippen LogP contribution in [0.5, 0.6) is 17.4 Å². The summed E-state index contributed by atoms with van der Waals surface area (Å²) in [6.45, 7) is 3.76. The molecule has 1 aromatic heterocycles. The van der Waals surface area contributed by atoms with Crippen LogP contribution in [0.4, 0.5) is 0 Å². The van der Waals surface area contributed by atoms with E-state index in [0.717, 1.165) is 6.42 Å².